The summed E-state index contributed by atoms with van der Waals surface area (Å²) in [5.74, 6) is 0. The van der Waals surface area contributed by atoms with Crippen molar-refractivity contribution in [2.75, 3.05) is 6.54 Å². The third-order valence-corrected chi connectivity index (χ3v) is 4.73. The molecule has 0 saturated heterocycles. The summed E-state index contributed by atoms with van der Waals surface area (Å²) in [6, 6.07) is 8.84. The Labute approximate surface area is 132 Å². The summed E-state index contributed by atoms with van der Waals surface area (Å²) >= 11 is 1.84. The van der Waals surface area contributed by atoms with E-state index in [0.717, 1.165) is 37.4 Å². The molecular weight excluding hydrogens is 276 g/mol. The number of nitrogens with zero attached hydrogens (tertiary/aromatic N) is 1. The summed E-state index contributed by atoms with van der Waals surface area (Å²) in [6.45, 7) is 8.64. The Morgan fingerprint density at radius 2 is 1.81 bits per heavy atom. The standard InChI is InChI=1S/C18H26N2S/c1-4-7-16-17(13-19-12-5-2)21-18(20-16)15-10-8-14(6-3)9-11-15/h8-11,19H,4-7,12-13H2,1-3H3. The third-order valence-electron chi connectivity index (χ3n) is 3.59. The highest BCUT2D eigenvalue weighted by Crippen LogP contribution is 2.29. The van der Waals surface area contributed by atoms with Gasteiger partial charge in [0.2, 0.25) is 0 Å². The number of benzene rings is 1. The average molecular weight is 302 g/mol. The molecule has 0 aliphatic rings. The van der Waals surface area contributed by atoms with Gasteiger partial charge in [0.05, 0.1) is 5.69 Å². The molecule has 21 heavy (non-hydrogen) atoms. The van der Waals surface area contributed by atoms with Gasteiger partial charge in [0.25, 0.3) is 0 Å². The van der Waals surface area contributed by atoms with Gasteiger partial charge in [-0.3, -0.25) is 0 Å². The van der Waals surface area contributed by atoms with Gasteiger partial charge in [-0.1, -0.05) is 51.5 Å². The minimum absolute atomic E-state index is 0.952. The molecule has 0 amide bonds. The van der Waals surface area contributed by atoms with E-state index < -0.39 is 0 Å². The van der Waals surface area contributed by atoms with Gasteiger partial charge < -0.3 is 5.32 Å². The van der Waals surface area contributed by atoms with Crippen LogP contribution in [0.1, 0.15) is 49.7 Å². The molecule has 3 heteroatoms. The molecule has 0 fully saturated rings. The molecule has 1 aromatic heterocycles. The van der Waals surface area contributed by atoms with Crippen LogP contribution in [0.5, 0.6) is 0 Å². The molecule has 0 spiro atoms. The first-order valence-electron chi connectivity index (χ1n) is 8.07. The highest BCUT2D eigenvalue weighted by atomic mass is 32.1. The first-order chi connectivity index (χ1) is 10.3. The summed E-state index contributed by atoms with van der Waals surface area (Å²) in [6.07, 6.45) is 4.49. The fourth-order valence-corrected chi connectivity index (χ4v) is 3.42. The van der Waals surface area contributed by atoms with E-state index >= 15 is 0 Å². The monoisotopic (exact) mass is 302 g/mol. The number of hydrogen-bond donors (Lipinski definition) is 1. The Kier molecular flexibility index (Phi) is 6.40. The molecule has 0 bridgehead atoms. The van der Waals surface area contributed by atoms with Gasteiger partial charge in [-0.15, -0.1) is 11.3 Å². The van der Waals surface area contributed by atoms with Crippen molar-refractivity contribution >= 4 is 11.3 Å². The van der Waals surface area contributed by atoms with Crippen LogP contribution in [-0.2, 0) is 19.4 Å². The Bertz CT molecular complexity index is 543. The maximum absolute atomic E-state index is 4.88. The zero-order valence-corrected chi connectivity index (χ0v) is 14.2. The van der Waals surface area contributed by atoms with E-state index in [2.05, 4.69) is 50.4 Å². The van der Waals surface area contributed by atoms with Crippen molar-refractivity contribution in [3.63, 3.8) is 0 Å². The molecule has 1 heterocycles. The normalized spacial score (nSPS) is 11.0. The maximum atomic E-state index is 4.88. The minimum atomic E-state index is 0.952. The van der Waals surface area contributed by atoms with Gasteiger partial charge in [0, 0.05) is 17.0 Å². The summed E-state index contributed by atoms with van der Waals surface area (Å²) in [4.78, 5) is 6.29. The van der Waals surface area contributed by atoms with E-state index in [1.165, 1.54) is 28.1 Å². The van der Waals surface area contributed by atoms with E-state index in [1.807, 2.05) is 11.3 Å². The third kappa shape index (κ3) is 4.39. The van der Waals surface area contributed by atoms with Crippen LogP contribution in [0.4, 0.5) is 0 Å². The molecule has 1 N–H and O–H groups in total. The summed E-state index contributed by atoms with van der Waals surface area (Å²) in [7, 11) is 0. The van der Waals surface area contributed by atoms with Crippen LogP contribution in [0.25, 0.3) is 10.6 Å². The van der Waals surface area contributed by atoms with Gasteiger partial charge in [-0.2, -0.15) is 0 Å². The molecule has 0 saturated carbocycles. The van der Waals surface area contributed by atoms with Crippen molar-refractivity contribution in [3.8, 4) is 10.6 Å². The van der Waals surface area contributed by atoms with Crippen molar-refractivity contribution in [1.29, 1.82) is 0 Å². The van der Waals surface area contributed by atoms with Gasteiger partial charge >= 0.3 is 0 Å². The van der Waals surface area contributed by atoms with E-state index in [4.69, 9.17) is 4.98 Å². The summed E-state index contributed by atoms with van der Waals surface area (Å²) in [5.41, 5.74) is 3.91. The number of aryl methyl sites for hydroxylation is 2. The second-order valence-electron chi connectivity index (χ2n) is 5.37. The lowest BCUT2D eigenvalue weighted by Gasteiger charge is -2.02. The second-order valence-corrected chi connectivity index (χ2v) is 6.45. The quantitative estimate of drug-likeness (QED) is 0.707. The Morgan fingerprint density at radius 1 is 1.05 bits per heavy atom. The van der Waals surface area contributed by atoms with Crippen LogP contribution in [-0.4, -0.2) is 11.5 Å². The molecule has 1 aromatic carbocycles. The Hall–Kier alpha value is -1.19. The van der Waals surface area contributed by atoms with Crippen LogP contribution in [0.15, 0.2) is 24.3 Å². The smallest absolute Gasteiger partial charge is 0.123 e. The predicted octanol–water partition coefficient (Wildman–Crippen LogP) is 4.82. The highest BCUT2D eigenvalue weighted by Gasteiger charge is 2.11. The summed E-state index contributed by atoms with van der Waals surface area (Å²) in [5, 5.41) is 4.67. The van der Waals surface area contributed by atoms with Crippen LogP contribution >= 0.6 is 11.3 Å². The number of rotatable bonds is 8. The van der Waals surface area contributed by atoms with Crippen molar-refractivity contribution in [2.45, 2.75) is 53.0 Å². The fraction of sp³-hybridized carbons (Fsp3) is 0.500. The molecule has 2 rings (SSSR count). The molecule has 2 nitrogen and oxygen atoms in total. The SMILES string of the molecule is CCCNCc1sc(-c2ccc(CC)cc2)nc1CCC. The van der Waals surface area contributed by atoms with Gasteiger partial charge in [0.1, 0.15) is 5.01 Å². The van der Waals surface area contributed by atoms with Gasteiger partial charge in [0.15, 0.2) is 0 Å². The van der Waals surface area contributed by atoms with Gasteiger partial charge in [-0.25, -0.2) is 4.98 Å². The zero-order valence-electron chi connectivity index (χ0n) is 13.4. The number of hydrogen-bond acceptors (Lipinski definition) is 3. The molecular formula is C18H26N2S. The zero-order chi connectivity index (χ0) is 15.1. The number of aromatic nitrogens is 1. The number of thiazole rings is 1. The van der Waals surface area contributed by atoms with Crippen molar-refractivity contribution < 1.29 is 0 Å². The van der Waals surface area contributed by atoms with Crippen LogP contribution in [0.3, 0.4) is 0 Å². The molecule has 2 aromatic rings. The van der Waals surface area contributed by atoms with Crippen molar-refractivity contribution in [2.24, 2.45) is 0 Å². The van der Waals surface area contributed by atoms with Crippen molar-refractivity contribution in [3.05, 3.63) is 40.4 Å². The number of nitrogens with one attached hydrogen (secondary N) is 1. The topological polar surface area (TPSA) is 24.9 Å². The van der Waals surface area contributed by atoms with Crippen LogP contribution < -0.4 is 5.32 Å². The highest BCUT2D eigenvalue weighted by molar-refractivity contribution is 7.15. The molecule has 0 aliphatic heterocycles. The van der Waals surface area contributed by atoms with Crippen molar-refractivity contribution in [1.82, 2.24) is 10.3 Å². The van der Waals surface area contributed by atoms with E-state index in [-0.39, 0.29) is 0 Å². The Morgan fingerprint density at radius 3 is 2.43 bits per heavy atom. The van der Waals surface area contributed by atoms with Crippen LogP contribution in [0, 0.1) is 0 Å². The van der Waals surface area contributed by atoms with Crippen LogP contribution in [0.2, 0.25) is 0 Å². The largest absolute Gasteiger partial charge is 0.312 e. The first kappa shape index (κ1) is 16.2. The van der Waals surface area contributed by atoms with E-state index in [0.29, 0.717) is 0 Å². The second kappa shape index (κ2) is 8.30. The lowest BCUT2D eigenvalue weighted by molar-refractivity contribution is 0.674. The predicted molar refractivity (Wildman–Crippen MR) is 92.9 cm³/mol. The van der Waals surface area contributed by atoms with Gasteiger partial charge in [-0.05, 0) is 31.4 Å². The van der Waals surface area contributed by atoms with E-state index in [9.17, 15) is 0 Å². The molecule has 114 valence electrons. The average Bonchev–Trinajstić information content (AvgIpc) is 2.91. The summed E-state index contributed by atoms with van der Waals surface area (Å²) < 4.78 is 0. The minimum Gasteiger partial charge on any atom is -0.312 e. The fourth-order valence-electron chi connectivity index (χ4n) is 2.34. The molecule has 0 atom stereocenters. The first-order valence-corrected chi connectivity index (χ1v) is 8.88. The Balaban J connectivity index is 2.20. The molecule has 0 unspecified atom stereocenters. The molecule has 0 radical (unpaired) electrons. The maximum Gasteiger partial charge on any atom is 0.123 e. The van der Waals surface area contributed by atoms with E-state index in [1.54, 1.807) is 0 Å². The lowest BCUT2D eigenvalue weighted by Crippen LogP contribution is -2.13. The molecule has 0 aliphatic carbocycles. The lowest BCUT2D eigenvalue weighted by atomic mass is 10.1.